The Morgan fingerprint density at radius 2 is 1.70 bits per heavy atom. The lowest BCUT2D eigenvalue weighted by Crippen LogP contribution is -2.25. The highest BCUT2D eigenvalue weighted by Gasteiger charge is 1.99. The highest BCUT2D eigenvalue weighted by atomic mass is 16.7. The van der Waals surface area contributed by atoms with Gasteiger partial charge in [-0.15, -0.1) is 6.58 Å². The molecule has 114 valence electrons. The Balaban J connectivity index is 3.20. The summed E-state index contributed by atoms with van der Waals surface area (Å²) < 4.78 is 4.76. The van der Waals surface area contributed by atoms with Crippen LogP contribution >= 0.6 is 0 Å². The highest BCUT2D eigenvalue weighted by molar-refractivity contribution is 5.70. The third-order valence-corrected chi connectivity index (χ3v) is 2.30. The van der Waals surface area contributed by atoms with Gasteiger partial charge in [0.25, 0.3) is 0 Å². The third kappa shape index (κ3) is 12.6. The van der Waals surface area contributed by atoms with Gasteiger partial charge in [-0.2, -0.15) is 5.48 Å². The van der Waals surface area contributed by atoms with Crippen molar-refractivity contribution < 1.29 is 19.2 Å². The quantitative estimate of drug-likeness (QED) is 0.326. The summed E-state index contributed by atoms with van der Waals surface area (Å²) in [7, 11) is 0. The number of carbonyl (C=O) groups is 2. The maximum absolute atomic E-state index is 11.0. The van der Waals surface area contributed by atoms with E-state index in [9.17, 15) is 9.59 Å². The molecule has 0 aromatic heterocycles. The average Bonchev–Trinajstić information content (AvgIpc) is 2.43. The van der Waals surface area contributed by atoms with E-state index >= 15 is 0 Å². The number of rotatable bonds is 12. The van der Waals surface area contributed by atoms with Gasteiger partial charge in [0, 0.05) is 13.1 Å². The van der Waals surface area contributed by atoms with E-state index < -0.39 is 6.09 Å². The molecule has 6 heteroatoms. The maximum Gasteiger partial charge on any atom is 0.407 e. The van der Waals surface area contributed by atoms with E-state index in [4.69, 9.17) is 9.57 Å². The highest BCUT2D eigenvalue weighted by Crippen LogP contribution is 1.98. The number of hydrogen-bond acceptors (Lipinski definition) is 5. The first kappa shape index (κ1) is 18.2. The lowest BCUT2D eigenvalue weighted by Gasteiger charge is -2.06. The number of nitrogens with one attached hydrogen (secondary N) is 2. The smallest absolute Gasteiger partial charge is 0.407 e. The summed E-state index contributed by atoms with van der Waals surface area (Å²) in [5.74, 6) is -0.331. The first-order chi connectivity index (χ1) is 9.70. The molecule has 0 aromatic rings. The summed E-state index contributed by atoms with van der Waals surface area (Å²) in [6.07, 6.45) is 6.59. The molecule has 0 heterocycles. The number of amides is 1. The van der Waals surface area contributed by atoms with Gasteiger partial charge in [-0.25, -0.2) is 4.79 Å². The fourth-order valence-corrected chi connectivity index (χ4v) is 1.34. The monoisotopic (exact) mass is 284 g/mol. The molecule has 1 amide bonds. The molecule has 0 saturated carbocycles. The minimum absolute atomic E-state index is 0.209. The fraction of sp³-hybridized carbons (Fsp3) is 0.571. The molecule has 0 aromatic carbocycles. The molecular formula is C14H24N2O4. The molecule has 0 aliphatic rings. The van der Waals surface area contributed by atoms with Crippen molar-refractivity contribution in [1.82, 2.24) is 10.8 Å². The molecule has 0 fully saturated rings. The molecule has 0 aliphatic carbocycles. The van der Waals surface area contributed by atoms with E-state index in [1.807, 2.05) is 0 Å². The Kier molecular flexibility index (Phi) is 12.4. The van der Waals surface area contributed by atoms with Gasteiger partial charge >= 0.3 is 12.1 Å². The van der Waals surface area contributed by atoms with Crippen molar-refractivity contribution in [2.45, 2.75) is 32.1 Å². The van der Waals surface area contributed by atoms with Crippen LogP contribution in [0.5, 0.6) is 0 Å². The summed E-state index contributed by atoms with van der Waals surface area (Å²) in [6, 6.07) is 0. The number of unbranched alkanes of at least 4 members (excludes halogenated alkanes) is 3. The van der Waals surface area contributed by atoms with Crippen molar-refractivity contribution in [2.75, 3.05) is 19.7 Å². The van der Waals surface area contributed by atoms with Gasteiger partial charge in [0.2, 0.25) is 0 Å². The van der Waals surface area contributed by atoms with Crippen molar-refractivity contribution in [1.29, 1.82) is 0 Å². The van der Waals surface area contributed by atoms with Crippen molar-refractivity contribution in [3.63, 3.8) is 0 Å². The lowest BCUT2D eigenvalue weighted by molar-refractivity contribution is -0.150. The van der Waals surface area contributed by atoms with Crippen molar-refractivity contribution >= 4 is 12.1 Å². The predicted octanol–water partition coefficient (Wildman–Crippen LogP) is 2.08. The van der Waals surface area contributed by atoms with E-state index in [0.717, 1.165) is 25.7 Å². The van der Waals surface area contributed by atoms with E-state index in [0.29, 0.717) is 13.1 Å². The zero-order valence-electron chi connectivity index (χ0n) is 11.9. The van der Waals surface area contributed by atoms with Crippen LogP contribution in [0.25, 0.3) is 0 Å². The second-order valence-electron chi connectivity index (χ2n) is 4.09. The molecule has 0 spiro atoms. The Hall–Kier alpha value is -1.82. The molecule has 0 unspecified atom stereocenters. The summed E-state index contributed by atoms with van der Waals surface area (Å²) >= 11 is 0. The molecule has 20 heavy (non-hydrogen) atoms. The second-order valence-corrected chi connectivity index (χ2v) is 4.09. The zero-order chi connectivity index (χ0) is 15.1. The van der Waals surface area contributed by atoms with Gasteiger partial charge in [-0.3, -0.25) is 4.79 Å². The van der Waals surface area contributed by atoms with E-state index in [2.05, 4.69) is 24.0 Å². The number of hydrogen-bond donors (Lipinski definition) is 2. The molecular weight excluding hydrogens is 260 g/mol. The third-order valence-electron chi connectivity index (χ3n) is 2.30. The predicted molar refractivity (Wildman–Crippen MR) is 76.9 cm³/mol. The standard InChI is InChI=1S/C14H24N2O4/c1-3-9-13(17)20-16-11-8-6-5-7-10-15-14(18)19-12-4-2/h3-4,16H,1-2,5-12H2,(H,15,18). The Labute approximate surface area is 120 Å². The minimum atomic E-state index is -0.416. The maximum atomic E-state index is 11.0. The van der Waals surface area contributed by atoms with Crippen LogP contribution in [-0.4, -0.2) is 31.8 Å². The van der Waals surface area contributed by atoms with Crippen LogP contribution in [0, 0.1) is 0 Å². The second kappa shape index (κ2) is 13.6. The molecule has 0 aliphatic heterocycles. The summed E-state index contributed by atoms with van der Waals surface area (Å²) in [5, 5.41) is 2.65. The van der Waals surface area contributed by atoms with Crippen molar-refractivity contribution in [3.8, 4) is 0 Å². The average molecular weight is 284 g/mol. The van der Waals surface area contributed by atoms with Crippen LogP contribution in [0.15, 0.2) is 25.3 Å². The first-order valence-corrected chi connectivity index (χ1v) is 6.75. The molecule has 0 atom stereocenters. The molecule has 0 bridgehead atoms. The molecule has 0 rings (SSSR count). The van der Waals surface area contributed by atoms with Gasteiger partial charge < -0.3 is 14.9 Å². The van der Waals surface area contributed by atoms with E-state index in [1.54, 1.807) is 0 Å². The fourth-order valence-electron chi connectivity index (χ4n) is 1.34. The van der Waals surface area contributed by atoms with Crippen molar-refractivity contribution in [3.05, 3.63) is 25.3 Å². The van der Waals surface area contributed by atoms with E-state index in [-0.39, 0.29) is 19.0 Å². The zero-order valence-corrected chi connectivity index (χ0v) is 11.9. The molecule has 0 radical (unpaired) electrons. The number of hydroxylamine groups is 1. The van der Waals surface area contributed by atoms with Crippen LogP contribution in [0.3, 0.4) is 0 Å². The van der Waals surface area contributed by atoms with Crippen LogP contribution in [0.4, 0.5) is 4.79 Å². The molecule has 2 N–H and O–H groups in total. The Bertz CT molecular complexity index is 306. The largest absolute Gasteiger partial charge is 0.445 e. The van der Waals surface area contributed by atoms with Gasteiger partial charge in [0.1, 0.15) is 6.61 Å². The number of ether oxygens (including phenoxy) is 1. The molecule has 6 nitrogen and oxygen atoms in total. The van der Waals surface area contributed by atoms with Gasteiger partial charge in [-0.1, -0.05) is 31.6 Å². The SMILES string of the molecule is C=CCOC(=O)NCCCCCCNOC(=O)CC=C. The number of carbonyl (C=O) groups excluding carboxylic acids is 2. The first-order valence-electron chi connectivity index (χ1n) is 6.75. The number of alkyl carbamates (subject to hydrolysis) is 1. The summed E-state index contributed by atoms with van der Waals surface area (Å²) in [4.78, 5) is 26.7. The Morgan fingerprint density at radius 3 is 2.35 bits per heavy atom. The lowest BCUT2D eigenvalue weighted by atomic mass is 10.2. The summed E-state index contributed by atoms with van der Waals surface area (Å²) in [6.45, 7) is 8.34. The van der Waals surface area contributed by atoms with Crippen LogP contribution < -0.4 is 10.8 Å². The van der Waals surface area contributed by atoms with Gasteiger partial charge in [0.15, 0.2) is 0 Å². The van der Waals surface area contributed by atoms with Gasteiger partial charge in [0.05, 0.1) is 6.42 Å². The van der Waals surface area contributed by atoms with Crippen LogP contribution in [-0.2, 0) is 14.4 Å². The van der Waals surface area contributed by atoms with Crippen LogP contribution in [0.2, 0.25) is 0 Å². The summed E-state index contributed by atoms with van der Waals surface area (Å²) in [5.41, 5.74) is 2.61. The van der Waals surface area contributed by atoms with Crippen LogP contribution in [0.1, 0.15) is 32.1 Å². The Morgan fingerprint density at radius 1 is 1.00 bits per heavy atom. The van der Waals surface area contributed by atoms with Gasteiger partial charge in [-0.05, 0) is 12.8 Å². The van der Waals surface area contributed by atoms with E-state index in [1.165, 1.54) is 12.2 Å². The minimum Gasteiger partial charge on any atom is -0.445 e. The topological polar surface area (TPSA) is 76.7 Å². The van der Waals surface area contributed by atoms with Crippen molar-refractivity contribution in [2.24, 2.45) is 0 Å². The molecule has 0 saturated heterocycles. The normalized spacial score (nSPS) is 9.60.